The Morgan fingerprint density at radius 2 is 1.76 bits per heavy atom. The molecular formula is C26H25F2N3O2. The summed E-state index contributed by atoms with van der Waals surface area (Å²) in [5, 5.41) is 5.96. The van der Waals surface area contributed by atoms with Gasteiger partial charge in [0.2, 0.25) is 5.91 Å². The van der Waals surface area contributed by atoms with E-state index in [1.807, 2.05) is 12.1 Å². The van der Waals surface area contributed by atoms with E-state index in [-0.39, 0.29) is 23.7 Å². The average molecular weight is 450 g/mol. The Morgan fingerprint density at radius 3 is 2.39 bits per heavy atom. The number of carbonyl (C=O) groups excluding carboxylic acids is 2. The van der Waals surface area contributed by atoms with Crippen molar-refractivity contribution in [3.05, 3.63) is 89.7 Å². The predicted molar refractivity (Wildman–Crippen MR) is 122 cm³/mol. The molecule has 0 aliphatic heterocycles. The molecule has 2 N–H and O–H groups in total. The Hall–Kier alpha value is -3.61. The van der Waals surface area contributed by atoms with Crippen LogP contribution in [0.25, 0.3) is 0 Å². The summed E-state index contributed by atoms with van der Waals surface area (Å²) < 4.78 is 27.7. The number of ketones is 1. The van der Waals surface area contributed by atoms with Crippen molar-refractivity contribution in [2.24, 2.45) is 5.41 Å². The van der Waals surface area contributed by atoms with Crippen LogP contribution in [-0.4, -0.2) is 16.7 Å². The summed E-state index contributed by atoms with van der Waals surface area (Å²) >= 11 is 0. The quantitative estimate of drug-likeness (QED) is 0.417. The summed E-state index contributed by atoms with van der Waals surface area (Å²) in [5.74, 6) is -3.16. The van der Waals surface area contributed by atoms with Gasteiger partial charge in [0.15, 0.2) is 5.78 Å². The van der Waals surface area contributed by atoms with E-state index >= 15 is 0 Å². The monoisotopic (exact) mass is 449 g/mol. The van der Waals surface area contributed by atoms with Crippen molar-refractivity contribution in [1.82, 2.24) is 10.3 Å². The summed E-state index contributed by atoms with van der Waals surface area (Å²) in [5.41, 5.74) is 1.70. The van der Waals surface area contributed by atoms with E-state index in [1.54, 1.807) is 48.7 Å². The highest BCUT2D eigenvalue weighted by Gasteiger charge is 2.50. The highest BCUT2D eigenvalue weighted by atomic mass is 19.3. The van der Waals surface area contributed by atoms with Gasteiger partial charge >= 0.3 is 0 Å². The number of carbonyl (C=O) groups is 2. The number of benzene rings is 2. The molecule has 0 radical (unpaired) electrons. The summed E-state index contributed by atoms with van der Waals surface area (Å²) in [6, 6.07) is 16.9. The van der Waals surface area contributed by atoms with Crippen molar-refractivity contribution in [3.63, 3.8) is 0 Å². The number of nitrogens with zero attached hydrogens (tertiary/aromatic N) is 1. The van der Waals surface area contributed by atoms with E-state index in [0.717, 1.165) is 12.5 Å². The molecule has 0 atom stereocenters. The Kier molecular flexibility index (Phi) is 6.22. The lowest BCUT2D eigenvalue weighted by atomic mass is 9.95. The number of para-hydroxylation sites is 1. The third-order valence-corrected chi connectivity index (χ3v) is 5.90. The molecule has 1 aromatic heterocycles. The Morgan fingerprint density at radius 1 is 1.03 bits per heavy atom. The fourth-order valence-electron chi connectivity index (χ4n) is 3.78. The van der Waals surface area contributed by atoms with Gasteiger partial charge in [-0.3, -0.25) is 14.6 Å². The van der Waals surface area contributed by atoms with Gasteiger partial charge < -0.3 is 10.6 Å². The van der Waals surface area contributed by atoms with Crippen LogP contribution in [0.15, 0.2) is 73.1 Å². The average Bonchev–Trinajstić information content (AvgIpc) is 3.59. The molecular weight excluding hydrogens is 424 g/mol. The van der Waals surface area contributed by atoms with Crippen LogP contribution in [-0.2, 0) is 17.3 Å². The zero-order valence-electron chi connectivity index (χ0n) is 18.3. The van der Waals surface area contributed by atoms with E-state index in [1.165, 1.54) is 12.3 Å². The van der Waals surface area contributed by atoms with Gasteiger partial charge in [0.05, 0.1) is 5.41 Å². The van der Waals surface area contributed by atoms with Crippen LogP contribution in [0, 0.1) is 5.41 Å². The highest BCUT2D eigenvalue weighted by Crippen LogP contribution is 2.49. The second kappa shape index (κ2) is 9.10. The van der Waals surface area contributed by atoms with Gasteiger partial charge in [-0.1, -0.05) is 30.3 Å². The lowest BCUT2D eigenvalue weighted by molar-refractivity contribution is -0.126. The first-order chi connectivity index (χ1) is 15.8. The number of hydrogen-bond acceptors (Lipinski definition) is 4. The molecule has 1 fully saturated rings. The van der Waals surface area contributed by atoms with E-state index in [4.69, 9.17) is 0 Å². The number of alkyl halides is 2. The van der Waals surface area contributed by atoms with E-state index in [2.05, 4.69) is 15.6 Å². The molecule has 1 aliphatic rings. The number of halogens is 2. The molecule has 0 bridgehead atoms. The standard InChI is InChI=1S/C26H25F2N3O2/c1-25(27,28)21-6-2-3-7-22(21)31-20-10-8-18(9-11-20)16-30-24(33)26(12-13-26)15-23(32)19-5-4-14-29-17-19/h2-11,14,17,31H,12-13,15-16H2,1H3,(H,30,33). The maximum absolute atomic E-state index is 13.8. The zero-order valence-corrected chi connectivity index (χ0v) is 18.3. The van der Waals surface area contributed by atoms with Gasteiger partial charge in [0.25, 0.3) is 5.92 Å². The summed E-state index contributed by atoms with van der Waals surface area (Å²) in [6.07, 6.45) is 4.68. The van der Waals surface area contributed by atoms with Crippen LogP contribution in [0.1, 0.15) is 47.7 Å². The minimum Gasteiger partial charge on any atom is -0.355 e. The largest absolute Gasteiger partial charge is 0.355 e. The Balaban J connectivity index is 1.34. The van der Waals surface area contributed by atoms with E-state index < -0.39 is 11.3 Å². The van der Waals surface area contributed by atoms with Gasteiger partial charge in [0.1, 0.15) is 0 Å². The van der Waals surface area contributed by atoms with Gasteiger partial charge in [-0.25, -0.2) is 8.78 Å². The topological polar surface area (TPSA) is 71.1 Å². The number of pyridine rings is 1. The van der Waals surface area contributed by atoms with Crippen LogP contribution in [0.5, 0.6) is 0 Å². The molecule has 0 unspecified atom stereocenters. The smallest absolute Gasteiger partial charge is 0.272 e. The second-order valence-electron chi connectivity index (χ2n) is 8.56. The SMILES string of the molecule is CC(F)(F)c1ccccc1Nc1ccc(CNC(=O)C2(CC(=O)c3cccnc3)CC2)cc1. The second-order valence-corrected chi connectivity index (χ2v) is 8.56. The first kappa shape index (κ1) is 22.6. The molecule has 1 saturated carbocycles. The van der Waals surface area contributed by atoms with Crippen molar-refractivity contribution in [2.45, 2.75) is 38.7 Å². The van der Waals surface area contributed by atoms with E-state index in [9.17, 15) is 18.4 Å². The molecule has 3 aromatic rings. The molecule has 2 aromatic carbocycles. The van der Waals surface area contributed by atoms with Crippen molar-refractivity contribution >= 4 is 23.1 Å². The number of nitrogens with one attached hydrogen (secondary N) is 2. The first-order valence-corrected chi connectivity index (χ1v) is 10.8. The molecule has 4 rings (SSSR count). The Labute approximate surface area is 191 Å². The van der Waals surface area contributed by atoms with E-state index in [0.29, 0.717) is 36.3 Å². The number of amides is 1. The number of Topliss-reactive ketones (excluding diaryl/α,β-unsaturated/α-hetero) is 1. The lowest BCUT2D eigenvalue weighted by Gasteiger charge is -2.17. The van der Waals surface area contributed by atoms with Crippen LogP contribution in [0.4, 0.5) is 20.2 Å². The van der Waals surface area contributed by atoms with Crippen LogP contribution < -0.4 is 10.6 Å². The minimum atomic E-state index is -2.95. The van der Waals surface area contributed by atoms with Crippen molar-refractivity contribution in [1.29, 1.82) is 0 Å². The van der Waals surface area contributed by atoms with Gasteiger partial charge in [-0.2, -0.15) is 0 Å². The van der Waals surface area contributed by atoms with Crippen molar-refractivity contribution in [2.75, 3.05) is 5.32 Å². The summed E-state index contributed by atoms with van der Waals surface area (Å²) in [7, 11) is 0. The number of aromatic nitrogens is 1. The maximum Gasteiger partial charge on any atom is 0.272 e. The normalized spacial score (nSPS) is 14.4. The van der Waals surface area contributed by atoms with Crippen molar-refractivity contribution in [3.8, 4) is 0 Å². The van der Waals surface area contributed by atoms with Gasteiger partial charge in [-0.05, 0) is 48.7 Å². The zero-order chi connectivity index (χ0) is 23.5. The van der Waals surface area contributed by atoms with Crippen LogP contribution >= 0.6 is 0 Å². The van der Waals surface area contributed by atoms with Crippen LogP contribution in [0.2, 0.25) is 0 Å². The Bertz CT molecular complexity index is 1140. The number of rotatable bonds is 9. The fraction of sp³-hybridized carbons (Fsp3) is 0.269. The molecule has 7 heteroatoms. The third kappa shape index (κ3) is 5.42. The molecule has 1 heterocycles. The molecule has 5 nitrogen and oxygen atoms in total. The van der Waals surface area contributed by atoms with Crippen molar-refractivity contribution < 1.29 is 18.4 Å². The summed E-state index contributed by atoms with van der Waals surface area (Å²) in [4.78, 5) is 29.2. The minimum absolute atomic E-state index is 0.0723. The van der Waals surface area contributed by atoms with Gasteiger partial charge in [0, 0.05) is 54.8 Å². The summed E-state index contributed by atoms with van der Waals surface area (Å²) in [6.45, 7) is 1.20. The molecule has 1 aliphatic carbocycles. The van der Waals surface area contributed by atoms with Crippen LogP contribution in [0.3, 0.4) is 0 Å². The highest BCUT2D eigenvalue weighted by molar-refractivity contribution is 6.00. The number of hydrogen-bond donors (Lipinski definition) is 2. The number of anilines is 2. The third-order valence-electron chi connectivity index (χ3n) is 5.90. The first-order valence-electron chi connectivity index (χ1n) is 10.8. The fourth-order valence-corrected chi connectivity index (χ4v) is 3.78. The van der Waals surface area contributed by atoms with Gasteiger partial charge in [-0.15, -0.1) is 0 Å². The maximum atomic E-state index is 13.8. The lowest BCUT2D eigenvalue weighted by Crippen LogP contribution is -2.33. The molecule has 0 saturated heterocycles. The molecule has 170 valence electrons. The molecule has 0 spiro atoms. The molecule has 1 amide bonds. The molecule has 33 heavy (non-hydrogen) atoms. The predicted octanol–water partition coefficient (Wildman–Crippen LogP) is 5.61.